The number of rotatable bonds is 10. The van der Waals surface area contributed by atoms with Crippen LogP contribution in [0.15, 0.2) is 36.4 Å². The fourth-order valence-electron chi connectivity index (χ4n) is 3.70. The first-order valence-electron chi connectivity index (χ1n) is 10.6. The highest BCUT2D eigenvalue weighted by Gasteiger charge is 2.24. The maximum atomic E-state index is 5.86. The fraction of sp³-hybridized carbons (Fsp3) is 0.500. The van der Waals surface area contributed by atoms with Gasteiger partial charge in [-0.1, -0.05) is 31.9 Å². The van der Waals surface area contributed by atoms with E-state index in [0.29, 0.717) is 13.2 Å². The van der Waals surface area contributed by atoms with Gasteiger partial charge in [-0.05, 0) is 67.6 Å². The van der Waals surface area contributed by atoms with Gasteiger partial charge in [0.25, 0.3) is 0 Å². The molecular formula is C24H33NO3. The second kappa shape index (κ2) is 10.4. The van der Waals surface area contributed by atoms with Crippen LogP contribution >= 0.6 is 0 Å². The summed E-state index contributed by atoms with van der Waals surface area (Å²) in [7, 11) is 0. The van der Waals surface area contributed by atoms with Gasteiger partial charge in [-0.25, -0.2) is 0 Å². The van der Waals surface area contributed by atoms with Gasteiger partial charge in [-0.3, -0.25) is 0 Å². The molecule has 1 aliphatic heterocycles. The summed E-state index contributed by atoms with van der Waals surface area (Å²) >= 11 is 0. The van der Waals surface area contributed by atoms with Crippen molar-refractivity contribution < 1.29 is 14.2 Å². The quantitative estimate of drug-likeness (QED) is 0.566. The Kier molecular flexibility index (Phi) is 7.61. The summed E-state index contributed by atoms with van der Waals surface area (Å²) in [6.45, 7) is 9.22. The third-order valence-electron chi connectivity index (χ3n) is 5.09. The average Bonchev–Trinajstić information content (AvgIpc) is 2.72. The van der Waals surface area contributed by atoms with Gasteiger partial charge in [-0.15, -0.1) is 0 Å². The van der Waals surface area contributed by atoms with E-state index >= 15 is 0 Å². The van der Waals surface area contributed by atoms with Gasteiger partial charge in [0.15, 0.2) is 11.5 Å². The van der Waals surface area contributed by atoms with Crippen LogP contribution in [0.25, 0.3) is 0 Å². The molecule has 152 valence electrons. The van der Waals surface area contributed by atoms with Crippen LogP contribution in [0.2, 0.25) is 0 Å². The lowest BCUT2D eigenvalue weighted by atomic mass is 9.89. The third-order valence-corrected chi connectivity index (χ3v) is 5.09. The Morgan fingerprint density at radius 3 is 2.29 bits per heavy atom. The van der Waals surface area contributed by atoms with Gasteiger partial charge < -0.3 is 19.5 Å². The Labute approximate surface area is 169 Å². The molecule has 1 aliphatic rings. The van der Waals surface area contributed by atoms with Crippen molar-refractivity contribution in [2.24, 2.45) is 0 Å². The Bertz CT molecular complexity index is 742. The van der Waals surface area contributed by atoms with E-state index in [4.69, 9.17) is 14.2 Å². The van der Waals surface area contributed by atoms with Crippen LogP contribution in [0.5, 0.6) is 17.2 Å². The lowest BCUT2D eigenvalue weighted by molar-refractivity contribution is 0.286. The van der Waals surface area contributed by atoms with E-state index in [0.717, 1.165) is 43.2 Å². The Morgan fingerprint density at radius 1 is 0.893 bits per heavy atom. The summed E-state index contributed by atoms with van der Waals surface area (Å²) in [5.41, 5.74) is 3.85. The second-order valence-electron chi connectivity index (χ2n) is 7.13. The number of ether oxygens (including phenoxy) is 3. The van der Waals surface area contributed by atoms with Crippen molar-refractivity contribution in [3.8, 4) is 17.2 Å². The molecular weight excluding hydrogens is 350 g/mol. The minimum Gasteiger partial charge on any atom is -0.494 e. The molecule has 4 heteroatoms. The zero-order valence-corrected chi connectivity index (χ0v) is 17.4. The normalized spacial score (nSPS) is 15.8. The van der Waals surface area contributed by atoms with Crippen LogP contribution in [0.4, 0.5) is 0 Å². The van der Waals surface area contributed by atoms with Crippen molar-refractivity contribution in [1.82, 2.24) is 5.32 Å². The highest BCUT2D eigenvalue weighted by Crippen LogP contribution is 2.38. The largest absolute Gasteiger partial charge is 0.494 e. The Morgan fingerprint density at radius 2 is 1.61 bits per heavy atom. The predicted molar refractivity (Wildman–Crippen MR) is 114 cm³/mol. The van der Waals surface area contributed by atoms with Crippen LogP contribution in [0.1, 0.15) is 62.8 Å². The maximum absolute atomic E-state index is 5.86. The van der Waals surface area contributed by atoms with E-state index in [2.05, 4.69) is 48.6 Å². The summed E-state index contributed by atoms with van der Waals surface area (Å²) in [5.74, 6) is 2.62. The molecule has 0 radical (unpaired) electrons. The van der Waals surface area contributed by atoms with E-state index < -0.39 is 0 Å². The van der Waals surface area contributed by atoms with E-state index in [1.165, 1.54) is 29.5 Å². The second-order valence-corrected chi connectivity index (χ2v) is 7.13. The number of nitrogens with one attached hydrogen (secondary N) is 1. The molecule has 28 heavy (non-hydrogen) atoms. The summed E-state index contributed by atoms with van der Waals surface area (Å²) in [5, 5.41) is 3.65. The van der Waals surface area contributed by atoms with Gasteiger partial charge in [0.2, 0.25) is 0 Å². The van der Waals surface area contributed by atoms with Gasteiger partial charge >= 0.3 is 0 Å². The average molecular weight is 384 g/mol. The first-order valence-corrected chi connectivity index (χ1v) is 10.6. The van der Waals surface area contributed by atoms with Gasteiger partial charge in [0.1, 0.15) is 5.75 Å². The van der Waals surface area contributed by atoms with E-state index in [1.54, 1.807) is 0 Å². The highest BCUT2D eigenvalue weighted by molar-refractivity contribution is 5.52. The molecule has 0 aromatic heterocycles. The first-order chi connectivity index (χ1) is 13.8. The number of hydrogen-bond donors (Lipinski definition) is 1. The van der Waals surface area contributed by atoms with Crippen LogP contribution in [-0.2, 0) is 6.42 Å². The predicted octanol–water partition coefficient (Wildman–Crippen LogP) is 5.29. The standard InChI is InChI=1S/C24H33NO3/c1-4-7-8-15-28-20-11-9-18(10-12-20)24-21-17-23(27-6-3)22(26-5-2)16-19(21)13-14-25-24/h9-12,16-17,24-25H,4-8,13-15H2,1-3H3. The molecule has 0 spiro atoms. The molecule has 1 atom stereocenters. The lowest BCUT2D eigenvalue weighted by Gasteiger charge is -2.29. The molecule has 1 heterocycles. The molecule has 2 aromatic carbocycles. The molecule has 3 rings (SSSR count). The van der Waals surface area contributed by atoms with Crippen molar-refractivity contribution >= 4 is 0 Å². The summed E-state index contributed by atoms with van der Waals surface area (Å²) in [6, 6.07) is 13.0. The number of benzene rings is 2. The summed E-state index contributed by atoms with van der Waals surface area (Å²) < 4.78 is 17.5. The van der Waals surface area contributed by atoms with Gasteiger partial charge in [0.05, 0.1) is 25.9 Å². The molecule has 1 unspecified atom stereocenters. The summed E-state index contributed by atoms with van der Waals surface area (Å²) in [4.78, 5) is 0. The molecule has 4 nitrogen and oxygen atoms in total. The van der Waals surface area contributed by atoms with E-state index in [9.17, 15) is 0 Å². The zero-order valence-electron chi connectivity index (χ0n) is 17.4. The monoisotopic (exact) mass is 383 g/mol. The van der Waals surface area contributed by atoms with Crippen molar-refractivity contribution in [2.45, 2.75) is 52.5 Å². The topological polar surface area (TPSA) is 39.7 Å². The van der Waals surface area contributed by atoms with Crippen LogP contribution < -0.4 is 19.5 Å². The molecule has 0 amide bonds. The van der Waals surface area contributed by atoms with Crippen molar-refractivity contribution in [2.75, 3.05) is 26.4 Å². The van der Waals surface area contributed by atoms with Crippen molar-refractivity contribution in [3.05, 3.63) is 53.1 Å². The molecule has 1 N–H and O–H groups in total. The lowest BCUT2D eigenvalue weighted by Crippen LogP contribution is -2.30. The highest BCUT2D eigenvalue weighted by atomic mass is 16.5. The van der Waals surface area contributed by atoms with Crippen LogP contribution in [0.3, 0.4) is 0 Å². The van der Waals surface area contributed by atoms with Gasteiger partial charge in [0, 0.05) is 6.54 Å². The minimum absolute atomic E-state index is 0.160. The van der Waals surface area contributed by atoms with Gasteiger partial charge in [-0.2, -0.15) is 0 Å². The SMILES string of the molecule is CCCCCOc1ccc(C2NCCc3cc(OCC)c(OCC)cc32)cc1. The minimum atomic E-state index is 0.160. The van der Waals surface area contributed by atoms with Crippen molar-refractivity contribution in [1.29, 1.82) is 0 Å². The zero-order chi connectivity index (χ0) is 19.8. The summed E-state index contributed by atoms with van der Waals surface area (Å²) in [6.07, 6.45) is 4.53. The third kappa shape index (κ3) is 4.99. The molecule has 0 aliphatic carbocycles. The smallest absolute Gasteiger partial charge is 0.161 e. The number of hydrogen-bond acceptors (Lipinski definition) is 4. The molecule has 0 saturated carbocycles. The molecule has 0 fully saturated rings. The molecule has 0 bridgehead atoms. The number of unbranched alkanes of at least 4 members (excludes halogenated alkanes) is 2. The fourth-order valence-corrected chi connectivity index (χ4v) is 3.70. The van der Waals surface area contributed by atoms with Crippen LogP contribution in [-0.4, -0.2) is 26.4 Å². The van der Waals surface area contributed by atoms with Crippen LogP contribution in [0, 0.1) is 0 Å². The Hall–Kier alpha value is -2.20. The van der Waals surface area contributed by atoms with Crippen molar-refractivity contribution in [3.63, 3.8) is 0 Å². The van der Waals surface area contributed by atoms with E-state index in [1.807, 2.05) is 13.8 Å². The maximum Gasteiger partial charge on any atom is 0.161 e. The first kappa shape index (κ1) is 20.5. The number of fused-ring (bicyclic) bond motifs is 1. The molecule has 2 aromatic rings. The molecule has 0 saturated heterocycles. The Balaban J connectivity index is 1.80. The van der Waals surface area contributed by atoms with E-state index in [-0.39, 0.29) is 6.04 Å².